The van der Waals surface area contributed by atoms with E-state index in [0.717, 1.165) is 0 Å². The highest BCUT2D eigenvalue weighted by molar-refractivity contribution is 5.86. The van der Waals surface area contributed by atoms with Crippen LogP contribution in [0.1, 0.15) is 12.8 Å². The third-order valence-electron chi connectivity index (χ3n) is 3.08. The van der Waals surface area contributed by atoms with E-state index in [2.05, 4.69) is 5.32 Å². The lowest BCUT2D eigenvalue weighted by atomic mass is 9.96. The summed E-state index contributed by atoms with van der Waals surface area (Å²) in [6.07, 6.45) is -4.58. The van der Waals surface area contributed by atoms with Gasteiger partial charge in [0.1, 0.15) is 6.54 Å². The largest absolute Gasteiger partial charge is 0.480 e. The predicted octanol–water partition coefficient (Wildman–Crippen LogP) is 0.171. The first kappa shape index (κ1) is 17.1. The van der Waals surface area contributed by atoms with Crippen molar-refractivity contribution in [3.05, 3.63) is 0 Å². The van der Waals surface area contributed by atoms with Gasteiger partial charge < -0.3 is 20.6 Å². The minimum Gasteiger partial charge on any atom is -0.480 e. The molecule has 7 nitrogen and oxygen atoms in total. The quantitative estimate of drug-likeness (QED) is 0.689. The first-order valence-electron chi connectivity index (χ1n) is 6.28. The van der Waals surface area contributed by atoms with Crippen LogP contribution in [0.25, 0.3) is 0 Å². The number of carboxylic acids is 1. The summed E-state index contributed by atoms with van der Waals surface area (Å²) in [5.74, 6) is -3.31. The molecule has 3 N–H and O–H groups in total. The summed E-state index contributed by atoms with van der Waals surface area (Å²) >= 11 is 0. The number of nitrogens with one attached hydrogen (secondary N) is 2. The van der Waals surface area contributed by atoms with Gasteiger partial charge in [0.25, 0.3) is 0 Å². The van der Waals surface area contributed by atoms with Crippen molar-refractivity contribution in [3.8, 4) is 0 Å². The van der Waals surface area contributed by atoms with Gasteiger partial charge in [-0.15, -0.1) is 0 Å². The van der Waals surface area contributed by atoms with E-state index < -0.39 is 43.1 Å². The van der Waals surface area contributed by atoms with E-state index in [1.54, 1.807) is 0 Å². The van der Waals surface area contributed by atoms with Crippen molar-refractivity contribution in [2.75, 3.05) is 26.2 Å². The van der Waals surface area contributed by atoms with Crippen molar-refractivity contribution in [3.63, 3.8) is 0 Å². The molecule has 0 radical (unpaired) electrons. The third-order valence-corrected chi connectivity index (χ3v) is 3.08. The number of nitrogens with zero attached hydrogens (tertiary/aromatic N) is 1. The summed E-state index contributed by atoms with van der Waals surface area (Å²) in [5.41, 5.74) is 0. The van der Waals surface area contributed by atoms with Gasteiger partial charge in [-0.05, 0) is 12.8 Å². The summed E-state index contributed by atoms with van der Waals surface area (Å²) < 4.78 is 37.4. The third kappa shape index (κ3) is 5.88. The Morgan fingerprint density at radius 1 is 1.10 bits per heavy atom. The molecule has 0 aromatic heterocycles. The molecule has 1 aliphatic rings. The number of piperidine rings is 1. The first-order chi connectivity index (χ1) is 9.70. The summed E-state index contributed by atoms with van der Waals surface area (Å²) in [5, 5.41) is 12.6. The van der Waals surface area contributed by atoms with Gasteiger partial charge in [0.15, 0.2) is 0 Å². The van der Waals surface area contributed by atoms with Crippen LogP contribution in [0.3, 0.4) is 0 Å². The second-order valence-electron chi connectivity index (χ2n) is 4.63. The number of rotatable bonds is 4. The summed E-state index contributed by atoms with van der Waals surface area (Å²) in [6, 6.07) is -0.638. The highest BCUT2D eigenvalue weighted by atomic mass is 19.4. The van der Waals surface area contributed by atoms with E-state index in [9.17, 15) is 27.6 Å². The Hall–Kier alpha value is -2.00. The normalized spacial score (nSPS) is 16.4. The molecule has 1 rings (SSSR count). The smallest absolute Gasteiger partial charge is 0.391 e. The predicted molar refractivity (Wildman–Crippen MR) is 64.4 cm³/mol. The number of hydrogen-bond acceptors (Lipinski definition) is 3. The topological polar surface area (TPSA) is 98.7 Å². The standard InChI is InChI=1S/C11H16F3N3O4/c12-11(13,14)7-1-3-17(4-2-7)10(21)16-5-8(18)15-6-9(19)20/h7H,1-6H2,(H,15,18)(H,16,21)(H,19,20). The summed E-state index contributed by atoms with van der Waals surface area (Å²) in [7, 11) is 0. The number of halogens is 3. The van der Waals surface area contributed by atoms with E-state index in [1.807, 2.05) is 5.32 Å². The molecule has 0 bridgehead atoms. The maximum absolute atomic E-state index is 12.5. The van der Waals surface area contributed by atoms with Crippen molar-refractivity contribution in [1.82, 2.24) is 15.5 Å². The van der Waals surface area contributed by atoms with Crippen LogP contribution in [-0.2, 0) is 9.59 Å². The molecule has 10 heteroatoms. The van der Waals surface area contributed by atoms with E-state index in [-0.39, 0.29) is 25.9 Å². The van der Waals surface area contributed by atoms with Gasteiger partial charge in [0.05, 0.1) is 12.5 Å². The fourth-order valence-corrected chi connectivity index (χ4v) is 1.91. The number of carboxylic acid groups (broad SMARTS) is 1. The number of aliphatic carboxylic acids is 1. The second kappa shape index (κ2) is 7.14. The average Bonchev–Trinajstić information content (AvgIpc) is 2.41. The number of urea groups is 1. The highest BCUT2D eigenvalue weighted by Gasteiger charge is 2.41. The molecule has 1 fully saturated rings. The summed E-state index contributed by atoms with van der Waals surface area (Å²) in [6.45, 7) is -1.06. The van der Waals surface area contributed by atoms with Crippen LogP contribution in [0, 0.1) is 5.92 Å². The molecule has 0 spiro atoms. The van der Waals surface area contributed by atoms with E-state index in [1.165, 1.54) is 4.90 Å². The lowest BCUT2D eigenvalue weighted by molar-refractivity contribution is -0.183. The lowest BCUT2D eigenvalue weighted by Gasteiger charge is -2.32. The van der Waals surface area contributed by atoms with Crippen LogP contribution in [0.5, 0.6) is 0 Å². The maximum Gasteiger partial charge on any atom is 0.391 e. The Kier molecular flexibility index (Phi) is 5.79. The van der Waals surface area contributed by atoms with Gasteiger partial charge in [-0.3, -0.25) is 9.59 Å². The van der Waals surface area contributed by atoms with Crippen molar-refractivity contribution in [1.29, 1.82) is 0 Å². The van der Waals surface area contributed by atoms with Gasteiger partial charge in [-0.2, -0.15) is 13.2 Å². The van der Waals surface area contributed by atoms with Crippen molar-refractivity contribution in [2.45, 2.75) is 19.0 Å². The molecule has 0 saturated carbocycles. The highest BCUT2D eigenvalue weighted by Crippen LogP contribution is 2.33. The van der Waals surface area contributed by atoms with Gasteiger partial charge in [-0.1, -0.05) is 0 Å². The van der Waals surface area contributed by atoms with Gasteiger partial charge in [0.2, 0.25) is 5.91 Å². The Labute approximate surface area is 118 Å². The Bertz CT molecular complexity index is 406. The summed E-state index contributed by atoms with van der Waals surface area (Å²) in [4.78, 5) is 34.2. The van der Waals surface area contributed by atoms with Crippen molar-refractivity contribution < 1.29 is 32.7 Å². The minimum atomic E-state index is -4.25. The Morgan fingerprint density at radius 2 is 1.67 bits per heavy atom. The molecular formula is C11H16F3N3O4. The molecule has 120 valence electrons. The maximum atomic E-state index is 12.5. The zero-order valence-electron chi connectivity index (χ0n) is 11.1. The molecule has 0 aromatic carbocycles. The second-order valence-corrected chi connectivity index (χ2v) is 4.63. The molecule has 0 atom stereocenters. The van der Waals surface area contributed by atoms with E-state index >= 15 is 0 Å². The Morgan fingerprint density at radius 3 is 2.14 bits per heavy atom. The number of carbonyl (C=O) groups is 3. The number of carbonyl (C=O) groups excluding carboxylic acids is 2. The lowest BCUT2D eigenvalue weighted by Crippen LogP contribution is -2.49. The zero-order valence-corrected chi connectivity index (χ0v) is 11.1. The number of alkyl halides is 3. The molecule has 1 aliphatic heterocycles. The van der Waals surface area contributed by atoms with Crippen LogP contribution in [0.4, 0.5) is 18.0 Å². The molecule has 0 unspecified atom stereocenters. The van der Waals surface area contributed by atoms with Gasteiger partial charge in [0, 0.05) is 13.1 Å². The number of hydrogen-bond donors (Lipinski definition) is 3. The zero-order chi connectivity index (χ0) is 16.0. The number of amides is 3. The van der Waals surface area contributed by atoms with Gasteiger partial charge >= 0.3 is 18.2 Å². The molecule has 1 saturated heterocycles. The van der Waals surface area contributed by atoms with E-state index in [4.69, 9.17) is 5.11 Å². The van der Waals surface area contributed by atoms with Crippen LogP contribution in [-0.4, -0.2) is 60.3 Å². The molecule has 0 aliphatic carbocycles. The minimum absolute atomic E-state index is 0.0350. The van der Waals surface area contributed by atoms with Crippen LogP contribution < -0.4 is 10.6 Å². The monoisotopic (exact) mass is 311 g/mol. The average molecular weight is 311 g/mol. The fraction of sp³-hybridized carbons (Fsp3) is 0.727. The molecule has 1 heterocycles. The van der Waals surface area contributed by atoms with E-state index in [0.29, 0.717) is 0 Å². The SMILES string of the molecule is O=C(O)CNC(=O)CNC(=O)N1CCC(C(F)(F)F)CC1. The number of likely N-dealkylation sites (tertiary alicyclic amines) is 1. The molecular weight excluding hydrogens is 295 g/mol. The molecule has 21 heavy (non-hydrogen) atoms. The molecule has 3 amide bonds. The Balaban J connectivity index is 2.28. The molecule has 0 aromatic rings. The van der Waals surface area contributed by atoms with Crippen molar-refractivity contribution in [2.24, 2.45) is 5.92 Å². The van der Waals surface area contributed by atoms with Gasteiger partial charge in [-0.25, -0.2) is 4.79 Å². The van der Waals surface area contributed by atoms with Crippen LogP contribution >= 0.6 is 0 Å². The first-order valence-corrected chi connectivity index (χ1v) is 6.28. The van der Waals surface area contributed by atoms with Crippen LogP contribution in [0.2, 0.25) is 0 Å². The van der Waals surface area contributed by atoms with Crippen LogP contribution in [0.15, 0.2) is 0 Å². The fourth-order valence-electron chi connectivity index (χ4n) is 1.91. The van der Waals surface area contributed by atoms with Crippen molar-refractivity contribution >= 4 is 17.9 Å².